The molecule has 18 heavy (non-hydrogen) atoms. The Morgan fingerprint density at radius 3 is 2.72 bits per heavy atom. The van der Waals surface area contributed by atoms with Gasteiger partial charge in [-0.3, -0.25) is 0 Å². The van der Waals surface area contributed by atoms with Crippen molar-refractivity contribution in [1.82, 2.24) is 4.98 Å². The first-order valence-electron chi connectivity index (χ1n) is 6.26. The van der Waals surface area contributed by atoms with Gasteiger partial charge >= 0.3 is 0 Å². The number of nitrogens with zero attached hydrogens (tertiary/aromatic N) is 2. The number of likely N-dealkylation sites (N-methyl/N-ethyl adjacent to an activating group) is 1. The molecule has 0 aliphatic carbocycles. The Balaban J connectivity index is 2.70. The summed E-state index contributed by atoms with van der Waals surface area (Å²) in [5, 5.41) is 0. The van der Waals surface area contributed by atoms with Crippen molar-refractivity contribution in [3.63, 3.8) is 0 Å². The highest BCUT2D eigenvalue weighted by Crippen LogP contribution is 2.23. The zero-order valence-corrected chi connectivity index (χ0v) is 11.6. The van der Waals surface area contributed by atoms with Crippen molar-refractivity contribution in [3.8, 4) is 5.88 Å². The van der Waals surface area contributed by atoms with E-state index in [4.69, 9.17) is 15.2 Å². The van der Waals surface area contributed by atoms with Crippen LogP contribution in [0.3, 0.4) is 0 Å². The van der Waals surface area contributed by atoms with Crippen LogP contribution in [0.1, 0.15) is 20.8 Å². The third-order valence-electron chi connectivity index (χ3n) is 2.39. The first-order valence-corrected chi connectivity index (χ1v) is 6.26. The van der Waals surface area contributed by atoms with Gasteiger partial charge in [-0.2, -0.15) is 4.98 Å². The molecule has 0 saturated carbocycles. The molecule has 0 amide bonds. The van der Waals surface area contributed by atoms with Crippen molar-refractivity contribution in [2.75, 3.05) is 37.4 Å². The summed E-state index contributed by atoms with van der Waals surface area (Å²) in [4.78, 5) is 6.43. The van der Waals surface area contributed by atoms with Crippen LogP contribution < -0.4 is 15.4 Å². The third kappa shape index (κ3) is 4.41. The number of hydrogen-bond acceptors (Lipinski definition) is 5. The molecule has 0 bridgehead atoms. The smallest absolute Gasteiger partial charge is 0.239 e. The van der Waals surface area contributed by atoms with Gasteiger partial charge in [0, 0.05) is 20.2 Å². The SMILES string of the molecule is CCOCCN(C)c1ccc(N)c(OC(C)C)n1. The number of nitrogens with two attached hydrogens (primary N) is 1. The first kappa shape index (κ1) is 14.6. The molecule has 0 spiro atoms. The molecular weight excluding hydrogens is 230 g/mol. The molecule has 1 heterocycles. The number of nitrogen functional groups attached to an aromatic ring is 1. The van der Waals surface area contributed by atoms with Crippen LogP contribution in [0.5, 0.6) is 5.88 Å². The van der Waals surface area contributed by atoms with Crippen LogP contribution in [0.4, 0.5) is 11.5 Å². The fourth-order valence-corrected chi connectivity index (χ4v) is 1.43. The summed E-state index contributed by atoms with van der Waals surface area (Å²) < 4.78 is 10.9. The Morgan fingerprint density at radius 1 is 1.39 bits per heavy atom. The first-order chi connectivity index (χ1) is 8.54. The van der Waals surface area contributed by atoms with Crippen molar-refractivity contribution in [2.24, 2.45) is 0 Å². The van der Waals surface area contributed by atoms with Gasteiger partial charge in [-0.25, -0.2) is 0 Å². The Labute approximate surface area is 109 Å². The summed E-state index contributed by atoms with van der Waals surface area (Å²) in [5.41, 5.74) is 6.39. The van der Waals surface area contributed by atoms with Gasteiger partial charge in [0.05, 0.1) is 18.4 Å². The Kier molecular flexibility index (Phi) is 5.71. The number of pyridine rings is 1. The zero-order chi connectivity index (χ0) is 13.5. The quantitative estimate of drug-likeness (QED) is 0.752. The molecule has 5 nitrogen and oxygen atoms in total. The van der Waals surface area contributed by atoms with Crippen molar-refractivity contribution in [3.05, 3.63) is 12.1 Å². The maximum atomic E-state index is 5.83. The van der Waals surface area contributed by atoms with Crippen molar-refractivity contribution < 1.29 is 9.47 Å². The molecule has 1 aromatic rings. The van der Waals surface area contributed by atoms with Gasteiger partial charge in [0.2, 0.25) is 5.88 Å². The molecule has 0 unspecified atom stereocenters. The monoisotopic (exact) mass is 253 g/mol. The highest BCUT2D eigenvalue weighted by molar-refractivity contribution is 5.54. The number of hydrogen-bond donors (Lipinski definition) is 1. The van der Waals surface area contributed by atoms with Crippen LogP contribution in [0.15, 0.2) is 12.1 Å². The van der Waals surface area contributed by atoms with E-state index in [-0.39, 0.29) is 6.10 Å². The lowest BCUT2D eigenvalue weighted by atomic mass is 10.3. The van der Waals surface area contributed by atoms with Gasteiger partial charge < -0.3 is 20.1 Å². The van der Waals surface area contributed by atoms with Gasteiger partial charge in [0.15, 0.2) is 0 Å². The van der Waals surface area contributed by atoms with E-state index in [0.29, 0.717) is 18.2 Å². The summed E-state index contributed by atoms with van der Waals surface area (Å²) in [7, 11) is 1.97. The summed E-state index contributed by atoms with van der Waals surface area (Å²) in [6, 6.07) is 3.70. The minimum atomic E-state index is 0.0591. The average molecular weight is 253 g/mol. The topological polar surface area (TPSA) is 60.6 Å². The van der Waals surface area contributed by atoms with Gasteiger partial charge in [-0.15, -0.1) is 0 Å². The summed E-state index contributed by atoms with van der Waals surface area (Å²) in [6.07, 6.45) is 0.0591. The van der Waals surface area contributed by atoms with E-state index < -0.39 is 0 Å². The largest absolute Gasteiger partial charge is 0.473 e. The van der Waals surface area contributed by atoms with Gasteiger partial charge in [-0.05, 0) is 32.9 Å². The Hall–Kier alpha value is -1.49. The highest BCUT2D eigenvalue weighted by atomic mass is 16.5. The molecule has 1 aromatic heterocycles. The van der Waals surface area contributed by atoms with Crippen LogP contribution >= 0.6 is 0 Å². The summed E-state index contributed by atoms with van der Waals surface area (Å²) >= 11 is 0. The second kappa shape index (κ2) is 7.06. The van der Waals surface area contributed by atoms with Crippen LogP contribution in [-0.2, 0) is 4.74 Å². The van der Waals surface area contributed by atoms with E-state index in [9.17, 15) is 0 Å². The number of rotatable bonds is 7. The fourth-order valence-electron chi connectivity index (χ4n) is 1.43. The van der Waals surface area contributed by atoms with Crippen molar-refractivity contribution >= 4 is 11.5 Å². The van der Waals surface area contributed by atoms with Gasteiger partial charge in [0.1, 0.15) is 5.82 Å². The number of anilines is 2. The van der Waals surface area contributed by atoms with Crippen LogP contribution in [0.25, 0.3) is 0 Å². The molecule has 0 saturated heterocycles. The van der Waals surface area contributed by atoms with Gasteiger partial charge in [-0.1, -0.05) is 0 Å². The number of aromatic nitrogens is 1. The minimum absolute atomic E-state index is 0.0591. The lowest BCUT2D eigenvalue weighted by molar-refractivity contribution is 0.154. The summed E-state index contributed by atoms with van der Waals surface area (Å²) in [6.45, 7) is 8.07. The van der Waals surface area contributed by atoms with E-state index in [1.165, 1.54) is 0 Å². The highest BCUT2D eigenvalue weighted by Gasteiger charge is 2.09. The predicted octanol–water partition coefficient (Wildman–Crippen LogP) is 1.92. The lowest BCUT2D eigenvalue weighted by Crippen LogP contribution is -2.24. The van der Waals surface area contributed by atoms with Crippen LogP contribution in [-0.4, -0.2) is 37.9 Å². The second-order valence-corrected chi connectivity index (χ2v) is 4.35. The van der Waals surface area contributed by atoms with Crippen LogP contribution in [0, 0.1) is 0 Å². The molecule has 102 valence electrons. The minimum Gasteiger partial charge on any atom is -0.473 e. The molecule has 2 N–H and O–H groups in total. The van der Waals surface area contributed by atoms with E-state index in [0.717, 1.165) is 19.0 Å². The standard InChI is InChI=1S/C13H23N3O2/c1-5-17-9-8-16(4)12-7-6-11(14)13(15-12)18-10(2)3/h6-7,10H,5,8-9,14H2,1-4H3. The maximum absolute atomic E-state index is 5.83. The second-order valence-electron chi connectivity index (χ2n) is 4.35. The van der Waals surface area contributed by atoms with Crippen molar-refractivity contribution in [1.29, 1.82) is 0 Å². The van der Waals surface area contributed by atoms with Gasteiger partial charge in [0.25, 0.3) is 0 Å². The molecule has 0 aromatic carbocycles. The van der Waals surface area contributed by atoms with Crippen molar-refractivity contribution in [2.45, 2.75) is 26.9 Å². The zero-order valence-electron chi connectivity index (χ0n) is 11.6. The van der Waals surface area contributed by atoms with E-state index in [2.05, 4.69) is 4.98 Å². The molecule has 0 atom stereocenters. The average Bonchev–Trinajstić information content (AvgIpc) is 2.31. The van der Waals surface area contributed by atoms with Crippen LogP contribution in [0.2, 0.25) is 0 Å². The Bertz CT molecular complexity index is 369. The van der Waals surface area contributed by atoms with E-state index >= 15 is 0 Å². The molecule has 5 heteroatoms. The molecule has 0 fully saturated rings. The fraction of sp³-hybridized carbons (Fsp3) is 0.615. The predicted molar refractivity (Wildman–Crippen MR) is 74.2 cm³/mol. The molecule has 1 rings (SSSR count). The van der Waals surface area contributed by atoms with E-state index in [1.54, 1.807) is 0 Å². The molecule has 0 aliphatic heterocycles. The normalized spacial score (nSPS) is 10.7. The lowest BCUT2D eigenvalue weighted by Gasteiger charge is -2.20. The molecule has 0 radical (unpaired) electrons. The van der Waals surface area contributed by atoms with E-state index in [1.807, 2.05) is 44.9 Å². The number of ether oxygens (including phenoxy) is 2. The molecule has 0 aliphatic rings. The maximum Gasteiger partial charge on any atom is 0.239 e. The summed E-state index contributed by atoms with van der Waals surface area (Å²) in [5.74, 6) is 1.32. The third-order valence-corrected chi connectivity index (χ3v) is 2.39. The molecular formula is C13H23N3O2. The Morgan fingerprint density at radius 2 is 2.11 bits per heavy atom.